The highest BCUT2D eigenvalue weighted by atomic mass is 35.5. The summed E-state index contributed by atoms with van der Waals surface area (Å²) in [7, 11) is 0. The molecule has 3 heterocycles. The largest absolute Gasteiger partial charge is 0.338 e. The average Bonchev–Trinajstić information content (AvgIpc) is 3.59. The molecule has 2 saturated heterocycles. The number of aromatic nitrogens is 3. The Morgan fingerprint density at radius 2 is 1.54 bits per heavy atom. The fraction of sp³-hybridized carbons (Fsp3) is 0.333. The third-order valence-corrected chi connectivity index (χ3v) is 8.08. The summed E-state index contributed by atoms with van der Waals surface area (Å²) in [5.74, 6) is 1.01. The van der Waals surface area contributed by atoms with Crippen LogP contribution in [-0.4, -0.2) is 63.2 Å². The van der Waals surface area contributed by atoms with E-state index in [4.69, 9.17) is 11.6 Å². The molecule has 3 aliphatic rings. The fourth-order valence-corrected chi connectivity index (χ4v) is 5.69. The molecule has 178 valence electrons. The number of nitrogens with zero attached hydrogens (tertiary/aromatic N) is 4. The lowest BCUT2D eigenvalue weighted by atomic mass is 9.90. The zero-order valence-corrected chi connectivity index (χ0v) is 20.2. The molecule has 2 fully saturated rings. The van der Waals surface area contributed by atoms with Crippen LogP contribution >= 0.6 is 11.6 Å². The van der Waals surface area contributed by atoms with E-state index in [1.165, 1.54) is 5.57 Å². The van der Waals surface area contributed by atoms with Gasteiger partial charge in [-0.3, -0.25) is 14.7 Å². The molecule has 1 aromatic heterocycles. The number of halogens is 1. The van der Waals surface area contributed by atoms with Crippen molar-refractivity contribution in [3.63, 3.8) is 0 Å². The second-order valence-corrected chi connectivity index (χ2v) is 10.3. The summed E-state index contributed by atoms with van der Waals surface area (Å²) in [5.41, 5.74) is 5.20. The molecule has 0 radical (unpaired) electrons. The number of allylic oxidation sites excluding steroid dienone is 4. The van der Waals surface area contributed by atoms with E-state index in [0.717, 1.165) is 22.5 Å². The molecule has 6 rings (SSSR count). The quantitative estimate of drug-likeness (QED) is 0.595. The molecule has 0 saturated carbocycles. The third-order valence-electron chi connectivity index (χ3n) is 7.58. The van der Waals surface area contributed by atoms with Crippen molar-refractivity contribution in [3.05, 3.63) is 76.3 Å². The van der Waals surface area contributed by atoms with Crippen LogP contribution in [0.2, 0.25) is 0 Å². The van der Waals surface area contributed by atoms with E-state index in [2.05, 4.69) is 28.4 Å². The van der Waals surface area contributed by atoms with Gasteiger partial charge in [-0.15, -0.1) is 5.10 Å². The van der Waals surface area contributed by atoms with Gasteiger partial charge in [0.15, 0.2) is 0 Å². The smallest absolute Gasteiger partial charge is 0.253 e. The first-order chi connectivity index (χ1) is 17.0. The van der Waals surface area contributed by atoms with Gasteiger partial charge >= 0.3 is 0 Å². The summed E-state index contributed by atoms with van der Waals surface area (Å²) >= 11 is 6.21. The molecule has 1 N–H and O–H groups in total. The van der Waals surface area contributed by atoms with Gasteiger partial charge in [-0.2, -0.15) is 0 Å². The highest BCUT2D eigenvalue weighted by molar-refractivity contribution is 6.30. The number of nitrogens with one attached hydrogen (secondary N) is 1. The molecule has 1 unspecified atom stereocenters. The topological polar surface area (TPSA) is 82.2 Å². The van der Waals surface area contributed by atoms with Crippen LogP contribution in [0.4, 0.5) is 0 Å². The SMILES string of the molecule is CC1CC(c2ccc(C(=O)N3C[C@@H]4CN(C(=O)c5ccc6[nH]nnc6c5)C[C@H]4C3)cc2)=CC=C1Cl. The normalized spacial score (nSPS) is 23.9. The molecule has 3 atom stereocenters. The van der Waals surface area contributed by atoms with Gasteiger partial charge in [0, 0.05) is 54.2 Å². The van der Waals surface area contributed by atoms with E-state index in [0.29, 0.717) is 60.6 Å². The number of carbonyl (C=O) groups excluding carboxylic acids is 2. The Morgan fingerprint density at radius 3 is 2.20 bits per heavy atom. The van der Waals surface area contributed by atoms with Crippen LogP contribution in [0.1, 0.15) is 39.6 Å². The first-order valence-electron chi connectivity index (χ1n) is 12.0. The Morgan fingerprint density at radius 1 is 0.914 bits per heavy atom. The predicted octanol–water partition coefficient (Wildman–Crippen LogP) is 4.35. The Labute approximate surface area is 208 Å². The number of hydrogen-bond acceptors (Lipinski definition) is 4. The lowest BCUT2D eigenvalue weighted by molar-refractivity contribution is 0.0738. The Hall–Kier alpha value is -3.45. The second-order valence-electron chi connectivity index (χ2n) is 9.91. The maximum Gasteiger partial charge on any atom is 0.253 e. The van der Waals surface area contributed by atoms with E-state index in [1.54, 1.807) is 6.07 Å². The fourth-order valence-electron chi connectivity index (χ4n) is 5.55. The van der Waals surface area contributed by atoms with Crippen LogP contribution in [0.3, 0.4) is 0 Å². The molecule has 35 heavy (non-hydrogen) atoms. The predicted molar refractivity (Wildman–Crippen MR) is 135 cm³/mol. The minimum absolute atomic E-state index is 0.0141. The summed E-state index contributed by atoms with van der Waals surface area (Å²) < 4.78 is 0. The van der Waals surface area contributed by atoms with Crippen molar-refractivity contribution in [1.29, 1.82) is 0 Å². The van der Waals surface area contributed by atoms with Crippen molar-refractivity contribution in [3.8, 4) is 0 Å². The van der Waals surface area contributed by atoms with Gasteiger partial charge in [0.2, 0.25) is 0 Å². The van der Waals surface area contributed by atoms with Crippen molar-refractivity contribution in [2.45, 2.75) is 13.3 Å². The molecule has 2 amide bonds. The van der Waals surface area contributed by atoms with E-state index < -0.39 is 0 Å². The second kappa shape index (κ2) is 8.64. The van der Waals surface area contributed by atoms with Crippen LogP contribution in [0, 0.1) is 17.8 Å². The number of amides is 2. The Bertz CT molecular complexity index is 1360. The first kappa shape index (κ1) is 22.0. The number of rotatable bonds is 3. The van der Waals surface area contributed by atoms with E-state index >= 15 is 0 Å². The molecule has 0 spiro atoms. The number of likely N-dealkylation sites (tertiary alicyclic amines) is 2. The first-order valence-corrected chi connectivity index (χ1v) is 12.4. The maximum absolute atomic E-state index is 13.2. The van der Waals surface area contributed by atoms with Gasteiger partial charge in [0.1, 0.15) is 5.52 Å². The zero-order valence-electron chi connectivity index (χ0n) is 19.4. The van der Waals surface area contributed by atoms with Crippen LogP contribution < -0.4 is 0 Å². The van der Waals surface area contributed by atoms with E-state index in [-0.39, 0.29) is 11.8 Å². The monoisotopic (exact) mass is 487 g/mol. The Kier molecular flexibility index (Phi) is 5.44. The zero-order chi connectivity index (χ0) is 24.1. The molecule has 3 aromatic rings. The van der Waals surface area contributed by atoms with Crippen molar-refractivity contribution in [1.82, 2.24) is 25.2 Å². The van der Waals surface area contributed by atoms with Crippen molar-refractivity contribution in [2.24, 2.45) is 17.8 Å². The molecule has 2 aromatic carbocycles. The number of aromatic amines is 1. The number of H-pyrrole nitrogens is 1. The maximum atomic E-state index is 13.2. The van der Waals surface area contributed by atoms with Crippen LogP contribution in [-0.2, 0) is 0 Å². The number of benzene rings is 2. The minimum Gasteiger partial charge on any atom is -0.338 e. The minimum atomic E-state index is 0.0141. The number of hydrogen-bond donors (Lipinski definition) is 1. The summed E-state index contributed by atoms with van der Waals surface area (Å²) in [5, 5.41) is 11.5. The Balaban J connectivity index is 1.09. The molecule has 1 aliphatic carbocycles. The van der Waals surface area contributed by atoms with Crippen molar-refractivity contribution < 1.29 is 9.59 Å². The van der Waals surface area contributed by atoms with Gasteiger partial charge in [0.25, 0.3) is 11.8 Å². The third kappa shape index (κ3) is 4.04. The molecule has 7 nitrogen and oxygen atoms in total. The molecule has 2 aliphatic heterocycles. The molecular formula is C27H26ClN5O2. The van der Waals surface area contributed by atoms with E-state index in [1.807, 2.05) is 52.3 Å². The molecule has 8 heteroatoms. The average molecular weight is 488 g/mol. The summed E-state index contributed by atoms with van der Waals surface area (Å²) in [6, 6.07) is 13.3. The lowest BCUT2D eigenvalue weighted by Crippen LogP contribution is -2.35. The van der Waals surface area contributed by atoms with Crippen molar-refractivity contribution >= 4 is 40.0 Å². The number of fused-ring (bicyclic) bond motifs is 2. The molecule has 0 bridgehead atoms. The standard InChI is InChI=1S/C27H26ClN5O2/c1-16-10-19(6-8-23(16)28)17-2-4-18(5-3-17)26(34)32-12-21-14-33(15-22(21)13-32)27(35)20-7-9-24-25(11-20)30-31-29-24/h2-9,11,16,21-22H,10,12-15H2,1H3,(H,29,30,31)/t16?,21-,22-/m1/s1. The summed E-state index contributed by atoms with van der Waals surface area (Å²) in [6.07, 6.45) is 4.94. The lowest BCUT2D eigenvalue weighted by Gasteiger charge is -2.22. The highest BCUT2D eigenvalue weighted by Gasteiger charge is 2.43. The van der Waals surface area contributed by atoms with Gasteiger partial charge in [-0.1, -0.05) is 41.9 Å². The van der Waals surface area contributed by atoms with Gasteiger partial charge in [0.05, 0.1) is 5.52 Å². The van der Waals surface area contributed by atoms with E-state index in [9.17, 15) is 9.59 Å². The van der Waals surface area contributed by atoms with Gasteiger partial charge in [-0.05, 0) is 59.9 Å². The van der Waals surface area contributed by atoms with Crippen LogP contribution in [0.25, 0.3) is 16.6 Å². The summed E-state index contributed by atoms with van der Waals surface area (Å²) in [4.78, 5) is 30.1. The number of carbonyl (C=O) groups is 2. The summed E-state index contributed by atoms with van der Waals surface area (Å²) in [6.45, 7) is 4.83. The van der Waals surface area contributed by atoms with Crippen LogP contribution in [0.15, 0.2) is 59.6 Å². The highest BCUT2D eigenvalue weighted by Crippen LogP contribution is 2.34. The van der Waals surface area contributed by atoms with Crippen LogP contribution in [0.5, 0.6) is 0 Å². The van der Waals surface area contributed by atoms with Gasteiger partial charge in [-0.25, -0.2) is 0 Å². The van der Waals surface area contributed by atoms with Crippen molar-refractivity contribution in [2.75, 3.05) is 26.2 Å². The van der Waals surface area contributed by atoms with Gasteiger partial charge < -0.3 is 9.80 Å². The molecular weight excluding hydrogens is 462 g/mol.